The van der Waals surface area contributed by atoms with Crippen LogP contribution < -0.4 is 0 Å². The van der Waals surface area contributed by atoms with Gasteiger partial charge in [-0.3, -0.25) is 4.90 Å². The SMILES string of the molecule is O=S(=O)(c1cccc2ccccc12)N1CCN(C(c2ccccc2)c2ccc(Cl)cc2)CC1. The molecule has 1 saturated heterocycles. The van der Waals surface area contributed by atoms with Gasteiger partial charge in [0.1, 0.15) is 0 Å². The molecular weight excluding hydrogens is 452 g/mol. The van der Waals surface area contributed by atoms with Crippen LogP contribution in [0, 0.1) is 0 Å². The lowest BCUT2D eigenvalue weighted by atomic mass is 9.96. The Morgan fingerprint density at radius 1 is 0.667 bits per heavy atom. The maximum absolute atomic E-state index is 13.5. The van der Waals surface area contributed by atoms with E-state index in [9.17, 15) is 8.42 Å². The van der Waals surface area contributed by atoms with Gasteiger partial charge in [-0.1, -0.05) is 90.5 Å². The van der Waals surface area contributed by atoms with Crippen molar-refractivity contribution in [1.82, 2.24) is 9.21 Å². The standard InChI is InChI=1S/C27H25ClN2O2S/c28-24-15-13-23(14-16-24)27(22-8-2-1-3-9-22)29-17-19-30(20-18-29)33(31,32)26-12-6-10-21-7-4-5-11-25(21)26/h1-16,27H,17-20H2. The molecule has 0 spiro atoms. The van der Waals surface area contributed by atoms with Gasteiger partial charge >= 0.3 is 0 Å². The van der Waals surface area contributed by atoms with Crippen LogP contribution in [0.4, 0.5) is 0 Å². The van der Waals surface area contributed by atoms with Crippen molar-refractivity contribution in [2.45, 2.75) is 10.9 Å². The summed E-state index contributed by atoms with van der Waals surface area (Å²) in [6, 6.07) is 31.4. The van der Waals surface area contributed by atoms with E-state index >= 15 is 0 Å². The molecule has 33 heavy (non-hydrogen) atoms. The van der Waals surface area contributed by atoms with Crippen LogP contribution in [0.15, 0.2) is 102 Å². The van der Waals surface area contributed by atoms with Gasteiger partial charge in [-0.2, -0.15) is 4.31 Å². The number of hydrogen-bond acceptors (Lipinski definition) is 3. The molecule has 1 aliphatic rings. The van der Waals surface area contributed by atoms with Gasteiger partial charge in [0.15, 0.2) is 0 Å². The smallest absolute Gasteiger partial charge is 0.243 e. The molecule has 0 amide bonds. The fourth-order valence-corrected chi connectivity index (χ4v) is 6.42. The van der Waals surface area contributed by atoms with Crippen LogP contribution in [-0.2, 0) is 10.0 Å². The Bertz CT molecular complexity index is 1340. The molecule has 4 aromatic rings. The van der Waals surface area contributed by atoms with Crippen molar-refractivity contribution in [1.29, 1.82) is 0 Å². The summed E-state index contributed by atoms with van der Waals surface area (Å²) in [6.45, 7) is 2.18. The molecule has 1 heterocycles. The first-order valence-corrected chi connectivity index (χ1v) is 12.9. The van der Waals surface area contributed by atoms with E-state index in [1.165, 1.54) is 5.56 Å². The highest BCUT2D eigenvalue weighted by Crippen LogP contribution is 2.32. The van der Waals surface area contributed by atoms with Crippen LogP contribution in [0.3, 0.4) is 0 Å². The predicted octanol–water partition coefficient (Wildman–Crippen LogP) is 5.59. The molecular formula is C27H25ClN2O2S. The fraction of sp³-hybridized carbons (Fsp3) is 0.185. The highest BCUT2D eigenvalue weighted by Gasteiger charge is 2.33. The van der Waals surface area contributed by atoms with Gasteiger partial charge < -0.3 is 0 Å². The second-order valence-electron chi connectivity index (χ2n) is 8.28. The van der Waals surface area contributed by atoms with E-state index in [1.54, 1.807) is 10.4 Å². The molecule has 0 radical (unpaired) electrons. The molecule has 1 unspecified atom stereocenters. The van der Waals surface area contributed by atoms with E-state index in [1.807, 2.05) is 66.7 Å². The molecule has 4 nitrogen and oxygen atoms in total. The second-order valence-corrected chi connectivity index (χ2v) is 10.6. The summed E-state index contributed by atoms with van der Waals surface area (Å²) in [5, 5.41) is 2.41. The van der Waals surface area contributed by atoms with Crippen molar-refractivity contribution >= 4 is 32.4 Å². The van der Waals surface area contributed by atoms with Crippen molar-refractivity contribution in [3.63, 3.8) is 0 Å². The van der Waals surface area contributed by atoms with Gasteiger partial charge in [0.05, 0.1) is 10.9 Å². The first-order valence-electron chi connectivity index (χ1n) is 11.1. The van der Waals surface area contributed by atoms with Crippen LogP contribution >= 0.6 is 11.6 Å². The minimum atomic E-state index is -3.58. The Hall–Kier alpha value is -2.70. The van der Waals surface area contributed by atoms with Crippen molar-refractivity contribution in [2.24, 2.45) is 0 Å². The molecule has 5 rings (SSSR count). The Morgan fingerprint density at radius 3 is 2.00 bits per heavy atom. The van der Waals surface area contributed by atoms with Crippen molar-refractivity contribution in [3.8, 4) is 0 Å². The van der Waals surface area contributed by atoms with E-state index in [-0.39, 0.29) is 6.04 Å². The van der Waals surface area contributed by atoms with Crippen molar-refractivity contribution < 1.29 is 8.42 Å². The average molecular weight is 477 g/mol. The first-order chi connectivity index (χ1) is 16.0. The van der Waals surface area contributed by atoms with Crippen LogP contribution in [0.1, 0.15) is 17.2 Å². The van der Waals surface area contributed by atoms with Gasteiger partial charge in [0.25, 0.3) is 0 Å². The Labute approximate surface area is 200 Å². The fourth-order valence-electron chi connectivity index (χ4n) is 4.66. The van der Waals surface area contributed by atoms with Crippen LogP contribution in [0.25, 0.3) is 10.8 Å². The summed E-state index contributed by atoms with van der Waals surface area (Å²) in [6.07, 6.45) is 0. The molecule has 0 saturated carbocycles. The predicted molar refractivity (Wildman–Crippen MR) is 134 cm³/mol. The lowest BCUT2D eigenvalue weighted by Gasteiger charge is -2.39. The molecule has 6 heteroatoms. The third-order valence-electron chi connectivity index (χ3n) is 6.31. The first kappa shape index (κ1) is 22.1. The lowest BCUT2D eigenvalue weighted by molar-refractivity contribution is 0.156. The number of halogens is 1. The number of hydrogen-bond donors (Lipinski definition) is 0. The monoisotopic (exact) mass is 476 g/mol. The molecule has 0 aliphatic carbocycles. The molecule has 1 fully saturated rings. The van der Waals surface area contributed by atoms with Gasteiger partial charge in [-0.25, -0.2) is 8.42 Å². The zero-order valence-corrected chi connectivity index (χ0v) is 19.7. The van der Waals surface area contributed by atoms with Gasteiger partial charge in [-0.05, 0) is 34.7 Å². The molecule has 0 N–H and O–H groups in total. The molecule has 1 atom stereocenters. The third-order valence-corrected chi connectivity index (χ3v) is 8.52. The van der Waals surface area contributed by atoms with E-state index in [0.717, 1.165) is 16.3 Å². The quantitative estimate of drug-likeness (QED) is 0.377. The van der Waals surface area contributed by atoms with E-state index in [2.05, 4.69) is 29.2 Å². The van der Waals surface area contributed by atoms with Crippen LogP contribution in [-0.4, -0.2) is 43.8 Å². The number of rotatable bonds is 5. The van der Waals surface area contributed by atoms with Crippen molar-refractivity contribution in [2.75, 3.05) is 26.2 Å². The van der Waals surface area contributed by atoms with Gasteiger partial charge in [0.2, 0.25) is 10.0 Å². The summed E-state index contributed by atoms with van der Waals surface area (Å²) in [4.78, 5) is 2.74. The van der Waals surface area contributed by atoms with E-state index in [4.69, 9.17) is 11.6 Å². The molecule has 168 valence electrons. The maximum atomic E-state index is 13.5. The topological polar surface area (TPSA) is 40.6 Å². The van der Waals surface area contributed by atoms with Gasteiger partial charge in [0, 0.05) is 36.6 Å². The number of benzene rings is 4. The zero-order chi connectivity index (χ0) is 22.8. The Balaban J connectivity index is 1.41. The summed E-state index contributed by atoms with van der Waals surface area (Å²) in [5.74, 6) is 0. The highest BCUT2D eigenvalue weighted by atomic mass is 35.5. The minimum Gasteiger partial charge on any atom is -0.290 e. The molecule has 4 aromatic carbocycles. The minimum absolute atomic E-state index is 0.0471. The van der Waals surface area contributed by atoms with E-state index in [0.29, 0.717) is 36.1 Å². The molecule has 0 bridgehead atoms. The number of nitrogens with zero attached hydrogens (tertiary/aromatic N) is 2. The highest BCUT2D eigenvalue weighted by molar-refractivity contribution is 7.89. The van der Waals surface area contributed by atoms with Crippen LogP contribution in [0.2, 0.25) is 5.02 Å². The second kappa shape index (κ2) is 9.27. The summed E-state index contributed by atoms with van der Waals surface area (Å²) >= 11 is 6.13. The van der Waals surface area contributed by atoms with Crippen molar-refractivity contribution in [3.05, 3.63) is 113 Å². The number of sulfonamides is 1. The largest absolute Gasteiger partial charge is 0.290 e. The number of fused-ring (bicyclic) bond motifs is 1. The van der Waals surface area contributed by atoms with Crippen LogP contribution in [0.5, 0.6) is 0 Å². The average Bonchev–Trinajstić information content (AvgIpc) is 2.86. The Morgan fingerprint density at radius 2 is 1.27 bits per heavy atom. The zero-order valence-electron chi connectivity index (χ0n) is 18.1. The summed E-state index contributed by atoms with van der Waals surface area (Å²) in [7, 11) is -3.58. The summed E-state index contributed by atoms with van der Waals surface area (Å²) < 4.78 is 28.7. The molecule has 1 aliphatic heterocycles. The molecule has 0 aromatic heterocycles. The summed E-state index contributed by atoms with van der Waals surface area (Å²) in [5.41, 5.74) is 2.33. The number of piperazine rings is 1. The maximum Gasteiger partial charge on any atom is 0.243 e. The normalized spacial score (nSPS) is 16.6. The Kier molecular flexibility index (Phi) is 6.21. The van der Waals surface area contributed by atoms with E-state index < -0.39 is 10.0 Å². The lowest BCUT2D eigenvalue weighted by Crippen LogP contribution is -2.49. The van der Waals surface area contributed by atoms with Gasteiger partial charge in [-0.15, -0.1) is 0 Å². The third kappa shape index (κ3) is 4.42.